The zero-order valence-corrected chi connectivity index (χ0v) is 12.3. The molecule has 1 aromatic rings. The van der Waals surface area contributed by atoms with E-state index in [1.165, 1.54) is 28.8 Å². The maximum Gasteiger partial charge on any atom is 0.231 e. The summed E-state index contributed by atoms with van der Waals surface area (Å²) in [5.74, 6) is 1.86. The van der Waals surface area contributed by atoms with Crippen LogP contribution in [0.2, 0.25) is 0 Å². The van der Waals surface area contributed by atoms with Gasteiger partial charge >= 0.3 is 0 Å². The van der Waals surface area contributed by atoms with Gasteiger partial charge in [-0.15, -0.1) is 0 Å². The Kier molecular flexibility index (Phi) is 2.91. The summed E-state index contributed by atoms with van der Waals surface area (Å²) in [6.07, 6.45) is 3.78. The van der Waals surface area contributed by atoms with E-state index < -0.39 is 0 Å². The Morgan fingerprint density at radius 2 is 2.00 bits per heavy atom. The summed E-state index contributed by atoms with van der Waals surface area (Å²) >= 11 is 0. The molecule has 0 N–H and O–H groups in total. The molecule has 4 rings (SSSR count). The van der Waals surface area contributed by atoms with Crippen molar-refractivity contribution >= 4 is 11.4 Å². The van der Waals surface area contributed by atoms with Crippen molar-refractivity contribution in [2.45, 2.75) is 32.6 Å². The third-order valence-corrected chi connectivity index (χ3v) is 4.57. The molecule has 110 valence electrons. The predicted octanol–water partition coefficient (Wildman–Crippen LogP) is 2.76. The Labute approximate surface area is 124 Å². The molecule has 4 heteroatoms. The first-order valence-corrected chi connectivity index (χ1v) is 7.61. The number of allylic oxidation sites excluding steroid dienone is 2. The summed E-state index contributed by atoms with van der Waals surface area (Å²) in [6, 6.07) is 4.17. The molecule has 0 bridgehead atoms. The Morgan fingerprint density at radius 3 is 2.81 bits per heavy atom. The summed E-state index contributed by atoms with van der Waals surface area (Å²) in [5, 5.41) is 0. The number of hydrogen-bond donors (Lipinski definition) is 0. The number of rotatable bonds is 2. The van der Waals surface area contributed by atoms with Gasteiger partial charge in [0, 0.05) is 25.2 Å². The average Bonchev–Trinajstić information content (AvgIpc) is 3.07. The molecule has 1 fully saturated rings. The van der Waals surface area contributed by atoms with Crippen LogP contribution in [0.3, 0.4) is 0 Å². The molecule has 3 aliphatic rings. The van der Waals surface area contributed by atoms with Gasteiger partial charge in [-0.05, 0) is 55.0 Å². The number of ether oxygens (including phenoxy) is 2. The second kappa shape index (κ2) is 4.79. The Bertz CT molecular complexity index is 648. The number of Topliss-reactive ketones (excluding diaryl/α,β-unsaturated/α-hetero) is 1. The molecule has 0 amide bonds. The SMILES string of the molecule is CC(=O)CC1=C2CCCN2CCc2cc3c(cc21)OCO3. The Morgan fingerprint density at radius 1 is 1.19 bits per heavy atom. The summed E-state index contributed by atoms with van der Waals surface area (Å²) < 4.78 is 11.0. The highest BCUT2D eigenvalue weighted by Gasteiger charge is 2.28. The van der Waals surface area contributed by atoms with Crippen molar-refractivity contribution < 1.29 is 14.3 Å². The number of hydrogen-bond acceptors (Lipinski definition) is 4. The monoisotopic (exact) mass is 285 g/mol. The van der Waals surface area contributed by atoms with Crippen molar-refractivity contribution in [3.63, 3.8) is 0 Å². The second-order valence-electron chi connectivity index (χ2n) is 6.01. The molecule has 21 heavy (non-hydrogen) atoms. The van der Waals surface area contributed by atoms with E-state index in [9.17, 15) is 4.79 Å². The smallest absolute Gasteiger partial charge is 0.231 e. The molecule has 0 unspecified atom stereocenters. The van der Waals surface area contributed by atoms with Gasteiger partial charge in [-0.25, -0.2) is 0 Å². The highest BCUT2D eigenvalue weighted by Crippen LogP contribution is 2.42. The topological polar surface area (TPSA) is 38.8 Å². The van der Waals surface area contributed by atoms with Gasteiger partial charge in [0.15, 0.2) is 11.5 Å². The van der Waals surface area contributed by atoms with Gasteiger partial charge < -0.3 is 14.4 Å². The van der Waals surface area contributed by atoms with E-state index in [-0.39, 0.29) is 5.78 Å². The van der Waals surface area contributed by atoms with Crippen LogP contribution in [0.15, 0.2) is 17.8 Å². The zero-order valence-electron chi connectivity index (χ0n) is 12.3. The van der Waals surface area contributed by atoms with Gasteiger partial charge in [0.25, 0.3) is 0 Å². The minimum absolute atomic E-state index is 0.217. The van der Waals surface area contributed by atoms with E-state index in [0.29, 0.717) is 13.2 Å². The lowest BCUT2D eigenvalue weighted by Crippen LogP contribution is -2.20. The number of carbonyl (C=O) groups excluding carboxylic acids is 1. The summed E-state index contributed by atoms with van der Waals surface area (Å²) in [5.41, 5.74) is 5.03. The van der Waals surface area contributed by atoms with Crippen LogP contribution < -0.4 is 9.47 Å². The zero-order chi connectivity index (χ0) is 14.4. The molecule has 0 saturated carbocycles. The minimum atomic E-state index is 0.217. The first kappa shape index (κ1) is 12.7. The van der Waals surface area contributed by atoms with Crippen LogP contribution in [0.5, 0.6) is 11.5 Å². The van der Waals surface area contributed by atoms with Crippen LogP contribution in [0.1, 0.15) is 37.3 Å². The normalized spacial score (nSPS) is 19.4. The molecule has 0 atom stereocenters. The van der Waals surface area contributed by atoms with Crippen molar-refractivity contribution in [1.82, 2.24) is 4.90 Å². The highest BCUT2D eigenvalue weighted by molar-refractivity contribution is 5.91. The quantitative estimate of drug-likeness (QED) is 0.837. The van der Waals surface area contributed by atoms with Gasteiger partial charge in [0.05, 0.1) is 0 Å². The predicted molar refractivity (Wildman–Crippen MR) is 79.3 cm³/mol. The largest absolute Gasteiger partial charge is 0.454 e. The lowest BCUT2D eigenvalue weighted by atomic mass is 9.93. The molecule has 0 spiro atoms. The van der Waals surface area contributed by atoms with E-state index in [0.717, 1.165) is 37.4 Å². The van der Waals surface area contributed by atoms with Gasteiger partial charge in [0.1, 0.15) is 5.78 Å². The molecule has 1 aromatic carbocycles. The first-order valence-electron chi connectivity index (χ1n) is 7.61. The fourth-order valence-corrected chi connectivity index (χ4v) is 3.65. The van der Waals surface area contributed by atoms with Gasteiger partial charge in [-0.3, -0.25) is 4.79 Å². The fourth-order valence-electron chi connectivity index (χ4n) is 3.65. The molecular formula is C17H19NO3. The fraction of sp³-hybridized carbons (Fsp3) is 0.471. The van der Waals surface area contributed by atoms with E-state index in [1.54, 1.807) is 6.92 Å². The molecule has 0 aromatic heterocycles. The lowest BCUT2D eigenvalue weighted by Gasteiger charge is -2.20. The summed E-state index contributed by atoms with van der Waals surface area (Å²) in [4.78, 5) is 14.2. The van der Waals surface area contributed by atoms with Crippen molar-refractivity contribution in [2.24, 2.45) is 0 Å². The second-order valence-corrected chi connectivity index (χ2v) is 6.01. The maximum atomic E-state index is 11.7. The van der Waals surface area contributed by atoms with Crippen LogP contribution in [0.25, 0.3) is 5.57 Å². The van der Waals surface area contributed by atoms with Crippen molar-refractivity contribution in [3.8, 4) is 11.5 Å². The van der Waals surface area contributed by atoms with E-state index in [1.807, 2.05) is 0 Å². The van der Waals surface area contributed by atoms with E-state index in [2.05, 4.69) is 17.0 Å². The maximum absolute atomic E-state index is 11.7. The Hall–Kier alpha value is -1.97. The number of nitrogens with zero attached hydrogens (tertiary/aromatic N) is 1. The number of carbonyl (C=O) groups is 1. The van der Waals surface area contributed by atoms with Gasteiger partial charge in [-0.2, -0.15) is 0 Å². The molecule has 0 aliphatic carbocycles. The number of ketones is 1. The summed E-state index contributed by atoms with van der Waals surface area (Å²) in [6.45, 7) is 4.11. The summed E-state index contributed by atoms with van der Waals surface area (Å²) in [7, 11) is 0. The molecule has 4 nitrogen and oxygen atoms in total. The van der Waals surface area contributed by atoms with E-state index in [4.69, 9.17) is 9.47 Å². The third kappa shape index (κ3) is 2.09. The van der Waals surface area contributed by atoms with Crippen molar-refractivity contribution in [3.05, 3.63) is 29.0 Å². The van der Waals surface area contributed by atoms with Crippen LogP contribution in [-0.4, -0.2) is 30.6 Å². The van der Waals surface area contributed by atoms with Gasteiger partial charge in [-0.1, -0.05) is 0 Å². The average molecular weight is 285 g/mol. The minimum Gasteiger partial charge on any atom is -0.454 e. The lowest BCUT2D eigenvalue weighted by molar-refractivity contribution is -0.116. The number of fused-ring (bicyclic) bond motifs is 3. The first-order chi connectivity index (χ1) is 10.2. The van der Waals surface area contributed by atoms with Crippen LogP contribution in [-0.2, 0) is 11.2 Å². The third-order valence-electron chi connectivity index (χ3n) is 4.57. The molecular weight excluding hydrogens is 266 g/mol. The highest BCUT2D eigenvalue weighted by atomic mass is 16.7. The van der Waals surface area contributed by atoms with Gasteiger partial charge in [0.2, 0.25) is 6.79 Å². The van der Waals surface area contributed by atoms with Crippen LogP contribution in [0.4, 0.5) is 0 Å². The standard InChI is InChI=1S/C17H19NO3/c1-11(19)7-14-13-9-17-16(20-10-21-17)8-12(13)4-6-18-5-2-3-15(14)18/h8-9H,2-7,10H2,1H3. The molecule has 3 heterocycles. The molecule has 0 radical (unpaired) electrons. The number of benzene rings is 1. The van der Waals surface area contributed by atoms with Crippen molar-refractivity contribution in [1.29, 1.82) is 0 Å². The van der Waals surface area contributed by atoms with Crippen LogP contribution in [0, 0.1) is 0 Å². The van der Waals surface area contributed by atoms with E-state index >= 15 is 0 Å². The van der Waals surface area contributed by atoms with Crippen molar-refractivity contribution in [2.75, 3.05) is 19.9 Å². The van der Waals surface area contributed by atoms with Crippen LogP contribution >= 0.6 is 0 Å². The molecule has 1 saturated heterocycles. The Balaban J connectivity index is 1.88. The molecule has 3 aliphatic heterocycles.